The first-order valence-electron chi connectivity index (χ1n) is 4.26. The summed E-state index contributed by atoms with van der Waals surface area (Å²) < 4.78 is 0. The van der Waals surface area contributed by atoms with E-state index >= 15 is 0 Å². The van der Waals surface area contributed by atoms with Crippen LogP contribution in [0.25, 0.3) is 0 Å². The molecule has 0 aliphatic carbocycles. The van der Waals surface area contributed by atoms with Crippen LogP contribution in [0.3, 0.4) is 0 Å². The number of hydrogen-bond donors (Lipinski definition) is 1. The highest BCUT2D eigenvalue weighted by Crippen LogP contribution is 2.21. The maximum absolute atomic E-state index is 6.13. The highest BCUT2D eigenvalue weighted by atomic mass is 35.5. The molecular weight excluding hydrogens is 170 g/mol. The molecule has 0 heterocycles. The van der Waals surface area contributed by atoms with Crippen molar-refractivity contribution in [3.63, 3.8) is 0 Å². The molecule has 12 heavy (non-hydrogen) atoms. The predicted octanol–water partition coefficient (Wildman–Crippen LogP) is 2.40. The van der Waals surface area contributed by atoms with Crippen LogP contribution >= 0.6 is 11.6 Å². The Morgan fingerprint density at radius 2 is 2.00 bits per heavy atom. The topological polar surface area (TPSA) is 26.0 Å². The Morgan fingerprint density at radius 1 is 1.33 bits per heavy atom. The van der Waals surface area contributed by atoms with Crippen LogP contribution in [-0.4, -0.2) is 6.54 Å². The molecule has 0 radical (unpaired) electrons. The number of rotatable bonds is 3. The van der Waals surface area contributed by atoms with Gasteiger partial charge in [0.15, 0.2) is 0 Å². The Balaban J connectivity index is 2.97. The maximum atomic E-state index is 6.13. The van der Waals surface area contributed by atoms with Gasteiger partial charge < -0.3 is 5.73 Å². The first kappa shape index (κ1) is 9.56. The largest absolute Gasteiger partial charge is 0.330 e. The van der Waals surface area contributed by atoms with E-state index in [0.29, 0.717) is 6.54 Å². The van der Waals surface area contributed by atoms with E-state index in [9.17, 15) is 0 Å². The molecule has 1 aromatic carbocycles. The van der Waals surface area contributed by atoms with E-state index in [-0.39, 0.29) is 0 Å². The van der Waals surface area contributed by atoms with Crippen molar-refractivity contribution >= 4 is 11.6 Å². The third kappa shape index (κ3) is 1.99. The molecule has 66 valence electrons. The molecule has 0 amide bonds. The fourth-order valence-corrected chi connectivity index (χ4v) is 1.61. The van der Waals surface area contributed by atoms with Crippen molar-refractivity contribution in [1.82, 2.24) is 0 Å². The van der Waals surface area contributed by atoms with Gasteiger partial charge in [-0.25, -0.2) is 0 Å². The van der Waals surface area contributed by atoms with Crippen molar-refractivity contribution in [1.29, 1.82) is 0 Å². The molecule has 0 spiro atoms. The van der Waals surface area contributed by atoms with Crippen LogP contribution in [0.1, 0.15) is 18.1 Å². The molecule has 1 aromatic rings. The Morgan fingerprint density at radius 3 is 2.58 bits per heavy atom. The van der Waals surface area contributed by atoms with Crippen molar-refractivity contribution in [2.75, 3.05) is 6.54 Å². The molecule has 0 bridgehead atoms. The number of nitrogens with two attached hydrogens (primary N) is 1. The Labute approximate surface area is 78.5 Å². The standard InChI is InChI=1S/C10H14ClN/c1-2-8-4-3-5-9(6-7-12)10(8)11/h3-5H,2,6-7,12H2,1H3. The van der Waals surface area contributed by atoms with Gasteiger partial charge in [0, 0.05) is 5.02 Å². The van der Waals surface area contributed by atoms with E-state index in [2.05, 4.69) is 13.0 Å². The molecule has 0 saturated heterocycles. The zero-order chi connectivity index (χ0) is 8.97. The summed E-state index contributed by atoms with van der Waals surface area (Å²) >= 11 is 6.13. The van der Waals surface area contributed by atoms with Gasteiger partial charge in [-0.15, -0.1) is 0 Å². The normalized spacial score (nSPS) is 10.2. The van der Waals surface area contributed by atoms with Crippen molar-refractivity contribution in [3.05, 3.63) is 34.3 Å². The van der Waals surface area contributed by atoms with Crippen molar-refractivity contribution in [2.24, 2.45) is 5.73 Å². The van der Waals surface area contributed by atoms with Crippen LogP contribution in [0.15, 0.2) is 18.2 Å². The van der Waals surface area contributed by atoms with Gasteiger partial charge in [-0.1, -0.05) is 36.7 Å². The lowest BCUT2D eigenvalue weighted by Crippen LogP contribution is -2.03. The van der Waals surface area contributed by atoms with Crippen LogP contribution in [0.2, 0.25) is 5.02 Å². The van der Waals surface area contributed by atoms with E-state index < -0.39 is 0 Å². The fraction of sp³-hybridized carbons (Fsp3) is 0.400. The van der Waals surface area contributed by atoms with E-state index in [4.69, 9.17) is 17.3 Å². The SMILES string of the molecule is CCc1cccc(CCN)c1Cl. The number of hydrogen-bond acceptors (Lipinski definition) is 1. The summed E-state index contributed by atoms with van der Waals surface area (Å²) in [5, 5.41) is 0.894. The molecule has 0 saturated carbocycles. The lowest BCUT2D eigenvalue weighted by atomic mass is 10.1. The first-order valence-corrected chi connectivity index (χ1v) is 4.63. The molecule has 0 aromatic heterocycles. The van der Waals surface area contributed by atoms with E-state index in [0.717, 1.165) is 17.9 Å². The van der Waals surface area contributed by atoms with Crippen LogP contribution in [0.4, 0.5) is 0 Å². The maximum Gasteiger partial charge on any atom is 0.0470 e. The van der Waals surface area contributed by atoms with Gasteiger partial charge in [-0.2, -0.15) is 0 Å². The molecule has 2 heteroatoms. The van der Waals surface area contributed by atoms with E-state index in [1.54, 1.807) is 0 Å². The highest BCUT2D eigenvalue weighted by molar-refractivity contribution is 6.32. The van der Waals surface area contributed by atoms with Gasteiger partial charge in [-0.3, -0.25) is 0 Å². The molecule has 0 aliphatic rings. The Kier molecular flexibility index (Phi) is 3.57. The summed E-state index contributed by atoms with van der Waals surface area (Å²) in [6, 6.07) is 6.13. The second kappa shape index (κ2) is 4.48. The number of benzene rings is 1. The van der Waals surface area contributed by atoms with Crippen LogP contribution in [-0.2, 0) is 12.8 Å². The average molecular weight is 184 g/mol. The summed E-state index contributed by atoms with van der Waals surface area (Å²) in [6.45, 7) is 2.76. The molecule has 2 N–H and O–H groups in total. The lowest BCUT2D eigenvalue weighted by molar-refractivity contribution is 0.962. The minimum Gasteiger partial charge on any atom is -0.330 e. The van der Waals surface area contributed by atoms with Crippen molar-refractivity contribution < 1.29 is 0 Å². The van der Waals surface area contributed by atoms with E-state index in [1.165, 1.54) is 11.1 Å². The smallest absolute Gasteiger partial charge is 0.0470 e. The van der Waals surface area contributed by atoms with Gasteiger partial charge in [0.1, 0.15) is 0 Å². The minimum atomic E-state index is 0.660. The molecule has 0 aliphatic heterocycles. The van der Waals surface area contributed by atoms with Gasteiger partial charge in [0.05, 0.1) is 0 Å². The van der Waals surface area contributed by atoms with Gasteiger partial charge in [0.25, 0.3) is 0 Å². The average Bonchev–Trinajstić information content (AvgIpc) is 2.09. The monoisotopic (exact) mass is 183 g/mol. The molecule has 0 atom stereocenters. The molecule has 1 rings (SSSR count). The van der Waals surface area contributed by atoms with E-state index in [1.807, 2.05) is 12.1 Å². The second-order valence-electron chi connectivity index (χ2n) is 2.78. The van der Waals surface area contributed by atoms with Gasteiger partial charge >= 0.3 is 0 Å². The van der Waals surface area contributed by atoms with Crippen LogP contribution in [0.5, 0.6) is 0 Å². The third-order valence-electron chi connectivity index (χ3n) is 1.95. The highest BCUT2D eigenvalue weighted by Gasteiger charge is 2.02. The first-order chi connectivity index (χ1) is 5.79. The number of aryl methyl sites for hydroxylation is 1. The minimum absolute atomic E-state index is 0.660. The summed E-state index contributed by atoms with van der Waals surface area (Å²) in [6.07, 6.45) is 1.85. The molecule has 0 fully saturated rings. The Hall–Kier alpha value is -0.530. The second-order valence-corrected chi connectivity index (χ2v) is 3.16. The van der Waals surface area contributed by atoms with Gasteiger partial charge in [-0.05, 0) is 30.5 Å². The summed E-state index contributed by atoms with van der Waals surface area (Å²) in [5.41, 5.74) is 7.84. The Bertz CT molecular complexity index is 258. The fourth-order valence-electron chi connectivity index (χ4n) is 1.25. The zero-order valence-electron chi connectivity index (χ0n) is 7.31. The zero-order valence-corrected chi connectivity index (χ0v) is 8.06. The molecule has 1 nitrogen and oxygen atoms in total. The summed E-state index contributed by atoms with van der Waals surface area (Å²) in [5.74, 6) is 0. The van der Waals surface area contributed by atoms with Crippen molar-refractivity contribution in [2.45, 2.75) is 19.8 Å². The van der Waals surface area contributed by atoms with Gasteiger partial charge in [0.2, 0.25) is 0 Å². The molecular formula is C10H14ClN. The predicted molar refractivity (Wildman–Crippen MR) is 53.6 cm³/mol. The van der Waals surface area contributed by atoms with Crippen LogP contribution < -0.4 is 5.73 Å². The quantitative estimate of drug-likeness (QED) is 0.766. The molecule has 0 unspecified atom stereocenters. The van der Waals surface area contributed by atoms with Crippen molar-refractivity contribution in [3.8, 4) is 0 Å². The summed E-state index contributed by atoms with van der Waals surface area (Å²) in [4.78, 5) is 0. The third-order valence-corrected chi connectivity index (χ3v) is 2.44. The van der Waals surface area contributed by atoms with Crippen LogP contribution in [0, 0.1) is 0 Å². The summed E-state index contributed by atoms with van der Waals surface area (Å²) in [7, 11) is 0. The number of halogens is 1. The lowest BCUT2D eigenvalue weighted by Gasteiger charge is -2.06.